The number of carbonyl (C=O) groups is 1. The third-order valence-corrected chi connectivity index (χ3v) is 6.20. The Morgan fingerprint density at radius 3 is 2.23 bits per heavy atom. The Balaban J connectivity index is 1.82. The number of amides is 1. The first kappa shape index (κ1) is 27.7. The van der Waals surface area contributed by atoms with E-state index in [2.05, 4.69) is 5.32 Å². The maximum Gasteiger partial charge on any atom is 0.416 e. The quantitative estimate of drug-likeness (QED) is 0.209. The summed E-state index contributed by atoms with van der Waals surface area (Å²) >= 11 is 0. The molecule has 0 aromatic heterocycles. The average molecular weight is 511 g/mol. The lowest BCUT2D eigenvalue weighted by atomic mass is 9.80. The Labute approximate surface area is 197 Å². The zero-order valence-electron chi connectivity index (χ0n) is 18.2. The van der Waals surface area contributed by atoms with Crippen molar-refractivity contribution in [3.63, 3.8) is 0 Å². The molecule has 2 aliphatic rings. The fraction of sp³-hybridized carbons (Fsp3) is 0.667. The molecular formula is C21H28F3NO10. The second-order valence-electron chi connectivity index (χ2n) is 8.80. The number of nitrogens with one attached hydrogen (secondary N) is 1. The Bertz CT molecular complexity index is 872. The summed E-state index contributed by atoms with van der Waals surface area (Å²) in [5.74, 6) is -0.953. The van der Waals surface area contributed by atoms with Crippen LogP contribution in [-0.4, -0.2) is 109 Å². The Morgan fingerprint density at radius 1 is 1.06 bits per heavy atom. The highest BCUT2D eigenvalue weighted by molar-refractivity contribution is 5.94. The lowest BCUT2D eigenvalue weighted by molar-refractivity contribution is -0.302. The molecule has 0 radical (unpaired) electrons. The minimum atomic E-state index is -4.62. The third-order valence-electron chi connectivity index (χ3n) is 6.20. The second kappa shape index (κ2) is 10.6. The molecule has 0 spiro atoms. The zero-order chi connectivity index (χ0) is 26.1. The molecule has 198 valence electrons. The molecule has 1 saturated carbocycles. The van der Waals surface area contributed by atoms with E-state index < -0.39 is 85.4 Å². The molecule has 1 aliphatic carbocycles. The number of alkyl halides is 3. The van der Waals surface area contributed by atoms with Gasteiger partial charge in [0.1, 0.15) is 30.5 Å². The minimum Gasteiger partial charge on any atom is -0.394 e. The Kier molecular flexibility index (Phi) is 8.41. The van der Waals surface area contributed by atoms with Crippen molar-refractivity contribution in [1.82, 2.24) is 5.32 Å². The molecule has 1 aromatic carbocycles. The van der Waals surface area contributed by atoms with Gasteiger partial charge < -0.3 is 50.5 Å². The number of aliphatic hydroxyl groups is 7. The fourth-order valence-corrected chi connectivity index (χ4v) is 4.16. The molecule has 1 aromatic rings. The van der Waals surface area contributed by atoms with Gasteiger partial charge in [-0.15, -0.1) is 0 Å². The first-order chi connectivity index (χ1) is 16.3. The highest BCUT2D eigenvalue weighted by Crippen LogP contribution is 2.34. The SMILES string of the molecule is O=C(N[C@H]1[C@@H](O[C@@H]2C[C@](O)(CO)C[C@@H](O)[C@H]2O)O[C@H](CO)[C@@H](O)[C@@H]1O)c1ccc(C(F)(F)F)cc1. The van der Waals surface area contributed by atoms with Gasteiger partial charge in [0, 0.05) is 18.4 Å². The summed E-state index contributed by atoms with van der Waals surface area (Å²) in [4.78, 5) is 12.7. The van der Waals surface area contributed by atoms with Crippen LogP contribution in [0, 0.1) is 0 Å². The monoisotopic (exact) mass is 511 g/mol. The average Bonchev–Trinajstić information content (AvgIpc) is 2.81. The zero-order valence-corrected chi connectivity index (χ0v) is 18.2. The summed E-state index contributed by atoms with van der Waals surface area (Å²) in [5.41, 5.74) is -3.02. The van der Waals surface area contributed by atoms with Gasteiger partial charge in [-0.05, 0) is 24.3 Å². The van der Waals surface area contributed by atoms with E-state index in [0.29, 0.717) is 12.1 Å². The van der Waals surface area contributed by atoms with Gasteiger partial charge in [0.25, 0.3) is 5.91 Å². The molecule has 1 heterocycles. The minimum absolute atomic E-state index is 0.217. The van der Waals surface area contributed by atoms with Crippen molar-refractivity contribution in [2.24, 2.45) is 0 Å². The number of halogens is 3. The number of benzene rings is 1. The first-order valence-electron chi connectivity index (χ1n) is 10.7. The number of hydrogen-bond donors (Lipinski definition) is 8. The Hall–Kier alpha value is -1.88. The van der Waals surface area contributed by atoms with Crippen LogP contribution in [0.15, 0.2) is 24.3 Å². The normalized spacial score (nSPS) is 38.2. The molecule has 11 nitrogen and oxygen atoms in total. The first-order valence-corrected chi connectivity index (χ1v) is 10.7. The number of ether oxygens (including phenoxy) is 2. The van der Waals surface area contributed by atoms with Gasteiger partial charge in [-0.3, -0.25) is 4.79 Å². The highest BCUT2D eigenvalue weighted by atomic mass is 19.4. The maximum atomic E-state index is 12.8. The summed E-state index contributed by atoms with van der Waals surface area (Å²) in [5, 5.41) is 72.7. The lowest BCUT2D eigenvalue weighted by Gasteiger charge is -2.46. The predicted molar refractivity (Wildman–Crippen MR) is 109 cm³/mol. The molecule has 1 aliphatic heterocycles. The molecule has 1 amide bonds. The van der Waals surface area contributed by atoms with Crippen LogP contribution < -0.4 is 5.32 Å². The van der Waals surface area contributed by atoms with Crippen LogP contribution >= 0.6 is 0 Å². The van der Waals surface area contributed by atoms with Crippen LogP contribution in [0.2, 0.25) is 0 Å². The largest absolute Gasteiger partial charge is 0.416 e. The fourth-order valence-electron chi connectivity index (χ4n) is 4.16. The van der Waals surface area contributed by atoms with Crippen LogP contribution in [0.4, 0.5) is 13.2 Å². The molecule has 1 saturated heterocycles. The number of carbonyl (C=O) groups excluding carboxylic acids is 1. The van der Waals surface area contributed by atoms with Crippen molar-refractivity contribution in [1.29, 1.82) is 0 Å². The highest BCUT2D eigenvalue weighted by Gasteiger charge is 2.50. The predicted octanol–water partition coefficient (Wildman–Crippen LogP) is -2.13. The van der Waals surface area contributed by atoms with E-state index in [1.807, 2.05) is 0 Å². The van der Waals surface area contributed by atoms with Crippen molar-refractivity contribution in [3.05, 3.63) is 35.4 Å². The second-order valence-corrected chi connectivity index (χ2v) is 8.80. The molecule has 3 rings (SSSR count). The summed E-state index contributed by atoms with van der Waals surface area (Å²) < 4.78 is 49.4. The number of rotatable bonds is 6. The van der Waals surface area contributed by atoms with Gasteiger partial charge in [0.05, 0.1) is 36.6 Å². The van der Waals surface area contributed by atoms with Crippen molar-refractivity contribution < 1.29 is 63.2 Å². The smallest absolute Gasteiger partial charge is 0.394 e. The van der Waals surface area contributed by atoms with Crippen molar-refractivity contribution in [3.8, 4) is 0 Å². The molecule has 9 atom stereocenters. The van der Waals surface area contributed by atoms with Gasteiger partial charge in [0.15, 0.2) is 6.29 Å². The van der Waals surface area contributed by atoms with Gasteiger partial charge in [-0.1, -0.05) is 0 Å². The molecule has 2 fully saturated rings. The van der Waals surface area contributed by atoms with E-state index in [1.165, 1.54) is 0 Å². The van der Waals surface area contributed by atoms with Crippen LogP contribution in [0.1, 0.15) is 28.8 Å². The molecule has 0 bridgehead atoms. The van der Waals surface area contributed by atoms with Crippen LogP contribution in [-0.2, 0) is 15.7 Å². The standard InChI is InChI=1S/C21H28F3NO10/c22-21(23,24)10-3-1-9(2-4-10)18(32)25-14-17(31)16(30)13(7-26)35-19(14)34-12-6-20(33,8-27)5-11(28)15(12)29/h1-4,11-17,19,26-31,33H,5-8H2,(H,25,32)/t11-,12-,13-,14-,15-,16-,17-,19+,20+/m1/s1. The lowest BCUT2D eigenvalue weighted by Crippen LogP contribution is -2.66. The summed E-state index contributed by atoms with van der Waals surface area (Å²) in [6.45, 7) is -1.54. The summed E-state index contributed by atoms with van der Waals surface area (Å²) in [7, 11) is 0. The van der Waals surface area contributed by atoms with Crippen molar-refractivity contribution in [2.45, 2.75) is 73.6 Å². The Morgan fingerprint density at radius 2 is 1.69 bits per heavy atom. The van der Waals surface area contributed by atoms with E-state index in [4.69, 9.17) is 9.47 Å². The van der Waals surface area contributed by atoms with Crippen LogP contribution in [0.5, 0.6) is 0 Å². The summed E-state index contributed by atoms with van der Waals surface area (Å²) in [6, 6.07) is 1.63. The van der Waals surface area contributed by atoms with E-state index in [9.17, 15) is 53.7 Å². The molecule has 0 unspecified atom stereocenters. The van der Waals surface area contributed by atoms with Gasteiger partial charge in [-0.2, -0.15) is 13.2 Å². The van der Waals surface area contributed by atoms with Gasteiger partial charge in [-0.25, -0.2) is 0 Å². The van der Waals surface area contributed by atoms with E-state index in [1.54, 1.807) is 0 Å². The third kappa shape index (κ3) is 6.10. The van der Waals surface area contributed by atoms with E-state index in [-0.39, 0.29) is 18.4 Å². The van der Waals surface area contributed by atoms with Crippen molar-refractivity contribution in [2.75, 3.05) is 13.2 Å². The van der Waals surface area contributed by atoms with Crippen molar-refractivity contribution >= 4 is 5.91 Å². The topological polar surface area (TPSA) is 189 Å². The van der Waals surface area contributed by atoms with Crippen LogP contribution in [0.25, 0.3) is 0 Å². The van der Waals surface area contributed by atoms with Crippen LogP contribution in [0.3, 0.4) is 0 Å². The number of aliphatic hydroxyl groups excluding tert-OH is 6. The maximum absolute atomic E-state index is 12.8. The molecular weight excluding hydrogens is 483 g/mol. The van der Waals surface area contributed by atoms with E-state index >= 15 is 0 Å². The number of hydrogen-bond acceptors (Lipinski definition) is 10. The van der Waals surface area contributed by atoms with E-state index in [0.717, 1.165) is 12.1 Å². The molecule has 8 N–H and O–H groups in total. The molecule has 35 heavy (non-hydrogen) atoms. The van der Waals surface area contributed by atoms with Gasteiger partial charge >= 0.3 is 6.18 Å². The molecule has 14 heteroatoms. The van der Waals surface area contributed by atoms with Gasteiger partial charge in [0.2, 0.25) is 0 Å². The summed E-state index contributed by atoms with van der Waals surface area (Å²) in [6.07, 6.45) is -16.3.